The molecule has 1 aliphatic heterocycles. The van der Waals surface area contributed by atoms with Crippen molar-refractivity contribution in [3.63, 3.8) is 0 Å². The van der Waals surface area contributed by atoms with E-state index in [1.165, 1.54) is 11.6 Å². The lowest BCUT2D eigenvalue weighted by molar-refractivity contribution is -0.137. The highest BCUT2D eigenvalue weighted by molar-refractivity contribution is 6.06. The molecule has 8 heteroatoms. The number of hydrogen-bond acceptors (Lipinski definition) is 6. The van der Waals surface area contributed by atoms with Gasteiger partial charge in [0.1, 0.15) is 18.1 Å². The molecule has 0 saturated heterocycles. The largest absolute Gasteiger partial charge is 0.480 e. The molecular formula is C18H16N4O4. The monoisotopic (exact) mass is 352 g/mol. The van der Waals surface area contributed by atoms with E-state index in [1.54, 1.807) is 6.20 Å². The summed E-state index contributed by atoms with van der Waals surface area (Å²) in [5.74, 6) is -0.579. The number of fused-ring (bicyclic) bond motifs is 4. The lowest BCUT2D eigenvalue weighted by Crippen LogP contribution is -2.10. The summed E-state index contributed by atoms with van der Waals surface area (Å²) in [7, 11) is 0. The number of carboxylic acid groups (broad SMARTS) is 1. The van der Waals surface area contributed by atoms with Crippen LogP contribution in [0.3, 0.4) is 0 Å². The van der Waals surface area contributed by atoms with Gasteiger partial charge in [0.25, 0.3) is 0 Å². The van der Waals surface area contributed by atoms with Gasteiger partial charge in [-0.05, 0) is 30.2 Å². The number of hydrogen-bond donors (Lipinski definition) is 1. The number of ketones is 1. The van der Waals surface area contributed by atoms with E-state index in [2.05, 4.69) is 15.1 Å². The van der Waals surface area contributed by atoms with Gasteiger partial charge in [0, 0.05) is 24.1 Å². The molecule has 0 fully saturated rings. The number of carbonyl (C=O) groups is 2. The third-order valence-corrected chi connectivity index (χ3v) is 4.37. The van der Waals surface area contributed by atoms with Gasteiger partial charge in [-0.1, -0.05) is 0 Å². The molecular weight excluding hydrogens is 336 g/mol. The molecule has 0 atom stereocenters. The molecule has 0 amide bonds. The van der Waals surface area contributed by atoms with Gasteiger partial charge in [0.2, 0.25) is 0 Å². The Morgan fingerprint density at radius 3 is 2.81 bits per heavy atom. The minimum atomic E-state index is -1.02. The van der Waals surface area contributed by atoms with E-state index in [-0.39, 0.29) is 18.0 Å². The first-order valence-corrected chi connectivity index (χ1v) is 8.11. The fourth-order valence-corrected chi connectivity index (χ4v) is 3.25. The van der Waals surface area contributed by atoms with Gasteiger partial charge in [0.15, 0.2) is 5.78 Å². The van der Waals surface area contributed by atoms with Crippen molar-refractivity contribution in [1.82, 2.24) is 19.7 Å². The molecule has 1 N–H and O–H groups in total. The van der Waals surface area contributed by atoms with Gasteiger partial charge in [-0.3, -0.25) is 14.3 Å². The van der Waals surface area contributed by atoms with Crippen molar-refractivity contribution in [1.29, 1.82) is 0 Å². The number of aliphatic carboxylic acids is 1. The number of Topliss-reactive ketones (excluding diaryl/α,β-unsaturated/α-hetero) is 1. The first-order chi connectivity index (χ1) is 12.4. The van der Waals surface area contributed by atoms with Crippen LogP contribution in [0.5, 0.6) is 0 Å². The molecule has 0 spiro atoms. The molecule has 2 aromatic heterocycles. The number of aromatic nitrogens is 4. The van der Waals surface area contributed by atoms with Gasteiger partial charge in [-0.15, -0.1) is 0 Å². The molecule has 3 heterocycles. The van der Waals surface area contributed by atoms with E-state index in [1.807, 2.05) is 19.1 Å². The number of benzene rings is 1. The van der Waals surface area contributed by atoms with Crippen LogP contribution in [0, 0.1) is 6.92 Å². The highest BCUT2D eigenvalue weighted by Gasteiger charge is 2.22. The summed E-state index contributed by atoms with van der Waals surface area (Å²) >= 11 is 0. The highest BCUT2D eigenvalue weighted by Crippen LogP contribution is 2.34. The fourth-order valence-electron chi connectivity index (χ4n) is 3.25. The molecule has 132 valence electrons. The van der Waals surface area contributed by atoms with Crippen LogP contribution in [0.2, 0.25) is 0 Å². The second kappa shape index (κ2) is 5.99. The third-order valence-electron chi connectivity index (χ3n) is 4.37. The quantitative estimate of drug-likeness (QED) is 0.719. The summed E-state index contributed by atoms with van der Waals surface area (Å²) in [6, 6.07) is 3.70. The zero-order chi connectivity index (χ0) is 18.4. The second-order valence-corrected chi connectivity index (χ2v) is 6.25. The number of ether oxygens (including phenoxy) is 1. The van der Waals surface area contributed by atoms with Gasteiger partial charge in [-0.25, -0.2) is 9.97 Å². The number of nitrogens with zero attached hydrogens (tertiary/aromatic N) is 4. The maximum absolute atomic E-state index is 12.0. The van der Waals surface area contributed by atoms with Crippen molar-refractivity contribution in [2.75, 3.05) is 0 Å². The van der Waals surface area contributed by atoms with Gasteiger partial charge >= 0.3 is 5.97 Å². The van der Waals surface area contributed by atoms with Crippen LogP contribution < -0.4 is 0 Å². The summed E-state index contributed by atoms with van der Waals surface area (Å²) in [5.41, 5.74) is 4.25. The summed E-state index contributed by atoms with van der Waals surface area (Å²) in [4.78, 5) is 31.9. The van der Waals surface area contributed by atoms with Crippen molar-refractivity contribution in [2.24, 2.45) is 0 Å². The predicted octanol–water partition coefficient (Wildman–Crippen LogP) is 2.12. The van der Waals surface area contributed by atoms with Gasteiger partial charge in [0.05, 0.1) is 24.4 Å². The minimum absolute atomic E-state index is 0.218. The standard InChI is InChI=1S/C18H16N4O4/c1-9(23)18-13-4-12-11(3-16(13)22(21-18)6-17(24)25)7-26-8-15-14(12)5-19-10(2)20-15/h3-5H,6-8H2,1-2H3,(H,24,25). The first kappa shape index (κ1) is 16.3. The smallest absolute Gasteiger partial charge is 0.325 e. The molecule has 26 heavy (non-hydrogen) atoms. The van der Waals surface area contributed by atoms with Crippen molar-refractivity contribution >= 4 is 22.7 Å². The third kappa shape index (κ3) is 2.64. The fraction of sp³-hybridized carbons (Fsp3) is 0.278. The predicted molar refractivity (Wildman–Crippen MR) is 91.6 cm³/mol. The van der Waals surface area contributed by atoms with E-state index < -0.39 is 5.97 Å². The molecule has 1 aromatic carbocycles. The molecule has 4 rings (SSSR count). The van der Waals surface area contributed by atoms with Crippen molar-refractivity contribution in [2.45, 2.75) is 33.6 Å². The van der Waals surface area contributed by atoms with E-state index in [0.29, 0.717) is 29.9 Å². The normalized spacial score (nSPS) is 13.2. The SMILES string of the molecule is CC(=O)c1nn(CC(=O)O)c2cc3c(cc12)-c1cnc(C)nc1COC3. The lowest BCUT2D eigenvalue weighted by Gasteiger charge is -2.09. The van der Waals surface area contributed by atoms with Crippen LogP contribution in [-0.2, 0) is 29.3 Å². The first-order valence-electron chi connectivity index (χ1n) is 8.11. The van der Waals surface area contributed by atoms with E-state index >= 15 is 0 Å². The highest BCUT2D eigenvalue weighted by atomic mass is 16.5. The lowest BCUT2D eigenvalue weighted by atomic mass is 9.97. The number of rotatable bonds is 3. The Morgan fingerprint density at radius 2 is 2.08 bits per heavy atom. The second-order valence-electron chi connectivity index (χ2n) is 6.25. The zero-order valence-corrected chi connectivity index (χ0v) is 14.3. The average Bonchev–Trinajstić information content (AvgIpc) is 2.81. The van der Waals surface area contributed by atoms with Crippen molar-refractivity contribution < 1.29 is 19.4 Å². The van der Waals surface area contributed by atoms with E-state index in [4.69, 9.17) is 9.84 Å². The molecule has 1 aliphatic rings. The van der Waals surface area contributed by atoms with Gasteiger partial charge in [-0.2, -0.15) is 5.10 Å². The van der Waals surface area contributed by atoms with Crippen molar-refractivity contribution in [3.8, 4) is 11.1 Å². The Morgan fingerprint density at radius 1 is 1.27 bits per heavy atom. The molecule has 0 saturated carbocycles. The summed E-state index contributed by atoms with van der Waals surface area (Å²) in [6.07, 6.45) is 1.76. The average molecular weight is 352 g/mol. The van der Waals surface area contributed by atoms with Crippen molar-refractivity contribution in [3.05, 3.63) is 41.1 Å². The van der Waals surface area contributed by atoms with Crippen LogP contribution >= 0.6 is 0 Å². The summed E-state index contributed by atoms with van der Waals surface area (Å²) in [5, 5.41) is 14.0. The number of carbonyl (C=O) groups excluding carboxylic acids is 1. The van der Waals surface area contributed by atoms with E-state index in [9.17, 15) is 9.59 Å². The van der Waals surface area contributed by atoms with Crippen LogP contribution in [0.25, 0.3) is 22.0 Å². The maximum atomic E-state index is 12.0. The Hall–Kier alpha value is -3.13. The van der Waals surface area contributed by atoms with Crippen LogP contribution in [0.15, 0.2) is 18.3 Å². The topological polar surface area (TPSA) is 107 Å². The minimum Gasteiger partial charge on any atom is -0.480 e. The number of aryl methyl sites for hydroxylation is 1. The summed E-state index contributed by atoms with van der Waals surface area (Å²) < 4.78 is 7.06. The molecule has 8 nitrogen and oxygen atoms in total. The van der Waals surface area contributed by atoms with Gasteiger partial charge < -0.3 is 9.84 Å². The molecule has 0 unspecified atom stereocenters. The molecule has 3 aromatic rings. The Kier molecular flexibility index (Phi) is 3.77. The number of carboxylic acids is 1. The Balaban J connectivity index is 2.01. The Labute approximate surface area is 148 Å². The zero-order valence-electron chi connectivity index (χ0n) is 14.3. The molecule has 0 bridgehead atoms. The summed E-state index contributed by atoms with van der Waals surface area (Å²) in [6.45, 7) is 3.64. The van der Waals surface area contributed by atoms with E-state index in [0.717, 1.165) is 22.4 Å². The van der Waals surface area contributed by atoms with Crippen LogP contribution in [0.1, 0.15) is 34.5 Å². The maximum Gasteiger partial charge on any atom is 0.325 e. The molecule has 0 aliphatic carbocycles. The van der Waals surface area contributed by atoms with Crippen LogP contribution in [-0.4, -0.2) is 36.6 Å². The van der Waals surface area contributed by atoms with Crippen LogP contribution in [0.4, 0.5) is 0 Å². The molecule has 0 radical (unpaired) electrons. The Bertz CT molecular complexity index is 1070.